The summed E-state index contributed by atoms with van der Waals surface area (Å²) in [4.78, 5) is 3.83. The number of nitrogens with two attached hydrogens (primary N) is 1. The van der Waals surface area contributed by atoms with Crippen molar-refractivity contribution in [3.05, 3.63) is 11.2 Å². The molecular weight excluding hydrogens is 108 g/mol. The predicted molar refractivity (Wildman–Crippen MR) is 33.2 cm³/mol. The molecule has 0 radical (unpaired) electrons. The molecule has 0 aromatic heterocycles. The van der Waals surface area contributed by atoms with Crippen molar-refractivity contribution in [2.45, 2.75) is 0 Å². The number of rotatable bonds is 0. The number of thioether (sulfide) groups is 1. The standard InChI is InChI=1S/C4H6N2S/c5-4-3-6-1-2-7-4/h1,3H,2,5H2. The van der Waals surface area contributed by atoms with E-state index in [9.17, 15) is 0 Å². The highest BCUT2D eigenvalue weighted by Crippen LogP contribution is 2.10. The van der Waals surface area contributed by atoms with E-state index in [1.165, 1.54) is 0 Å². The first-order chi connectivity index (χ1) is 3.39. The fourth-order valence-electron chi connectivity index (χ4n) is 0.340. The first-order valence-corrected chi connectivity index (χ1v) is 2.98. The van der Waals surface area contributed by atoms with Crippen molar-refractivity contribution in [1.29, 1.82) is 0 Å². The molecule has 0 aliphatic carbocycles. The van der Waals surface area contributed by atoms with Crippen LogP contribution in [0.15, 0.2) is 16.2 Å². The predicted octanol–water partition coefficient (Wildman–Crippen LogP) is 0.562. The van der Waals surface area contributed by atoms with E-state index >= 15 is 0 Å². The summed E-state index contributed by atoms with van der Waals surface area (Å²) >= 11 is 1.61. The summed E-state index contributed by atoms with van der Waals surface area (Å²) in [7, 11) is 0. The molecule has 1 aliphatic heterocycles. The normalized spacial score (nSPS) is 19.1. The fourth-order valence-corrected chi connectivity index (χ4v) is 0.828. The maximum Gasteiger partial charge on any atom is 0.0845 e. The molecule has 2 N–H and O–H groups in total. The van der Waals surface area contributed by atoms with Crippen LogP contribution in [-0.4, -0.2) is 12.0 Å². The van der Waals surface area contributed by atoms with Crippen LogP contribution < -0.4 is 5.73 Å². The number of aliphatic imine (C=N–C) groups is 1. The summed E-state index contributed by atoms with van der Waals surface area (Å²) in [5.41, 5.74) is 5.35. The van der Waals surface area contributed by atoms with Crippen molar-refractivity contribution in [2.24, 2.45) is 10.7 Å². The molecule has 2 nitrogen and oxygen atoms in total. The lowest BCUT2D eigenvalue weighted by atomic mass is 10.8. The Labute approximate surface area is 46.5 Å². The molecule has 0 unspecified atom stereocenters. The van der Waals surface area contributed by atoms with E-state index in [1.54, 1.807) is 18.0 Å². The zero-order valence-electron chi connectivity index (χ0n) is 3.79. The van der Waals surface area contributed by atoms with Gasteiger partial charge in [0.15, 0.2) is 0 Å². The second kappa shape index (κ2) is 2.02. The average Bonchev–Trinajstić information content (AvgIpc) is 1.69. The molecule has 0 saturated carbocycles. The van der Waals surface area contributed by atoms with Gasteiger partial charge < -0.3 is 5.73 Å². The lowest BCUT2D eigenvalue weighted by molar-refractivity contribution is 1.44. The third-order valence-corrected chi connectivity index (χ3v) is 1.39. The Morgan fingerprint density at radius 1 is 1.86 bits per heavy atom. The minimum Gasteiger partial charge on any atom is -0.392 e. The topological polar surface area (TPSA) is 38.4 Å². The molecule has 1 aliphatic rings. The lowest BCUT2D eigenvalue weighted by Crippen LogP contribution is -1.96. The van der Waals surface area contributed by atoms with Gasteiger partial charge in [-0.05, 0) is 0 Å². The smallest absolute Gasteiger partial charge is 0.0845 e. The first kappa shape index (κ1) is 4.71. The second-order valence-corrected chi connectivity index (χ2v) is 2.27. The van der Waals surface area contributed by atoms with Crippen LogP contribution in [0.1, 0.15) is 0 Å². The zero-order chi connectivity index (χ0) is 5.11. The maximum atomic E-state index is 5.35. The Morgan fingerprint density at radius 3 is 3.00 bits per heavy atom. The maximum absolute atomic E-state index is 5.35. The highest BCUT2D eigenvalue weighted by molar-refractivity contribution is 8.03. The molecule has 0 aromatic rings. The molecule has 1 heterocycles. The average molecular weight is 114 g/mol. The first-order valence-electron chi connectivity index (χ1n) is 1.99. The Bertz CT molecular complexity index is 117. The van der Waals surface area contributed by atoms with Crippen molar-refractivity contribution in [2.75, 3.05) is 5.75 Å². The van der Waals surface area contributed by atoms with Gasteiger partial charge in [0.05, 0.1) is 11.2 Å². The van der Waals surface area contributed by atoms with Gasteiger partial charge in [-0.2, -0.15) is 0 Å². The quantitative estimate of drug-likeness (QED) is 0.499. The largest absolute Gasteiger partial charge is 0.392 e. The Hall–Kier alpha value is -0.440. The van der Waals surface area contributed by atoms with Gasteiger partial charge in [0.25, 0.3) is 0 Å². The monoisotopic (exact) mass is 114 g/mol. The van der Waals surface area contributed by atoms with Gasteiger partial charge in [0.2, 0.25) is 0 Å². The second-order valence-electron chi connectivity index (χ2n) is 1.17. The van der Waals surface area contributed by atoms with E-state index < -0.39 is 0 Å². The van der Waals surface area contributed by atoms with E-state index in [1.807, 2.05) is 6.21 Å². The molecular formula is C4H6N2S. The van der Waals surface area contributed by atoms with Crippen LogP contribution in [0.5, 0.6) is 0 Å². The van der Waals surface area contributed by atoms with E-state index in [4.69, 9.17) is 5.73 Å². The fraction of sp³-hybridized carbons (Fsp3) is 0.250. The number of hydrogen-bond donors (Lipinski definition) is 1. The van der Waals surface area contributed by atoms with Crippen LogP contribution in [0.3, 0.4) is 0 Å². The Balaban J connectivity index is 2.57. The third-order valence-electron chi connectivity index (χ3n) is 0.632. The number of nitrogens with zero attached hydrogens (tertiary/aromatic N) is 1. The van der Waals surface area contributed by atoms with Crippen LogP contribution in [-0.2, 0) is 0 Å². The molecule has 0 atom stereocenters. The summed E-state index contributed by atoms with van der Waals surface area (Å²) in [6.45, 7) is 0. The molecule has 38 valence electrons. The van der Waals surface area contributed by atoms with E-state index in [0.29, 0.717) is 0 Å². The highest BCUT2D eigenvalue weighted by atomic mass is 32.2. The Kier molecular flexibility index (Phi) is 1.36. The zero-order valence-corrected chi connectivity index (χ0v) is 4.61. The molecule has 0 bridgehead atoms. The molecule has 0 aromatic carbocycles. The van der Waals surface area contributed by atoms with Gasteiger partial charge in [-0.25, -0.2) is 0 Å². The molecule has 0 amide bonds. The van der Waals surface area contributed by atoms with Gasteiger partial charge in [0.1, 0.15) is 0 Å². The third kappa shape index (κ3) is 1.23. The van der Waals surface area contributed by atoms with Crippen LogP contribution in [0.4, 0.5) is 0 Å². The summed E-state index contributed by atoms with van der Waals surface area (Å²) in [6.07, 6.45) is 3.50. The van der Waals surface area contributed by atoms with Gasteiger partial charge in [-0.1, -0.05) is 0 Å². The van der Waals surface area contributed by atoms with Crippen molar-refractivity contribution in [1.82, 2.24) is 0 Å². The van der Waals surface area contributed by atoms with Crippen molar-refractivity contribution in [3.8, 4) is 0 Å². The number of hydrogen-bond acceptors (Lipinski definition) is 3. The molecule has 0 fully saturated rings. The van der Waals surface area contributed by atoms with Crippen LogP contribution in [0, 0.1) is 0 Å². The minimum atomic E-state index is 0.808. The molecule has 0 saturated heterocycles. The summed E-state index contributed by atoms with van der Waals surface area (Å²) in [5.74, 6) is 0.919. The summed E-state index contributed by atoms with van der Waals surface area (Å²) in [5, 5.41) is 0.808. The lowest BCUT2D eigenvalue weighted by Gasteiger charge is -1.97. The van der Waals surface area contributed by atoms with Gasteiger partial charge in [-0.15, -0.1) is 11.8 Å². The van der Waals surface area contributed by atoms with Crippen molar-refractivity contribution in [3.63, 3.8) is 0 Å². The molecule has 7 heavy (non-hydrogen) atoms. The van der Waals surface area contributed by atoms with Crippen LogP contribution in [0.2, 0.25) is 0 Å². The van der Waals surface area contributed by atoms with E-state index in [-0.39, 0.29) is 0 Å². The van der Waals surface area contributed by atoms with Gasteiger partial charge >= 0.3 is 0 Å². The molecule has 1 rings (SSSR count). The molecule has 0 spiro atoms. The summed E-state index contributed by atoms with van der Waals surface area (Å²) in [6, 6.07) is 0. The highest BCUT2D eigenvalue weighted by Gasteiger charge is 1.90. The van der Waals surface area contributed by atoms with Crippen LogP contribution in [0.25, 0.3) is 0 Å². The molecule has 3 heteroatoms. The summed E-state index contributed by atoms with van der Waals surface area (Å²) < 4.78 is 0. The van der Waals surface area contributed by atoms with Crippen molar-refractivity contribution >= 4 is 18.0 Å². The van der Waals surface area contributed by atoms with Gasteiger partial charge in [-0.3, -0.25) is 4.99 Å². The SMILES string of the molecule is NC1=CN=CCS1. The van der Waals surface area contributed by atoms with Crippen molar-refractivity contribution < 1.29 is 0 Å². The van der Waals surface area contributed by atoms with Crippen LogP contribution >= 0.6 is 11.8 Å². The van der Waals surface area contributed by atoms with Gasteiger partial charge in [0, 0.05) is 12.0 Å². The minimum absolute atomic E-state index is 0.808. The Morgan fingerprint density at radius 2 is 2.71 bits per heavy atom. The van der Waals surface area contributed by atoms with E-state index in [0.717, 1.165) is 10.8 Å². The van der Waals surface area contributed by atoms with E-state index in [2.05, 4.69) is 4.99 Å².